The molecule has 6 aliphatic heterocycles. The number of methoxy groups -OCH3 is 2. The van der Waals surface area contributed by atoms with Gasteiger partial charge in [-0.3, -0.25) is 53.0 Å². The maximum Gasteiger partial charge on any atom is 0.410 e. The number of likely N-dealkylation sites (N-methyl/N-ethyl adjacent to an activating group) is 2. The van der Waals surface area contributed by atoms with Crippen molar-refractivity contribution in [1.29, 1.82) is 0 Å². The number of ether oxygens (including phenoxy) is 6. The Labute approximate surface area is 787 Å². The lowest BCUT2D eigenvalue weighted by Gasteiger charge is -2.37. The van der Waals surface area contributed by atoms with E-state index >= 15 is 42.3 Å². The van der Waals surface area contributed by atoms with E-state index < -0.39 is 190 Å². The van der Waals surface area contributed by atoms with Crippen LogP contribution in [0, 0.1) is 22.5 Å². The lowest BCUT2D eigenvalue weighted by atomic mass is 9.85. The molecule has 12 atom stereocenters. The quantitative estimate of drug-likeness (QED) is 0.0330. The smallest absolute Gasteiger partial charge is 0.410 e. The number of benzene rings is 7. The van der Waals surface area contributed by atoms with Crippen LogP contribution in [0.25, 0.3) is 21.5 Å². The Balaban J connectivity index is 0.923. The Kier molecular flexibility index (Phi) is 31.6. The number of nitrogens with zero attached hydrogens (tertiary/aromatic N) is 10. The molecular weight excluding hydrogens is 1750 g/mol. The molecule has 7 N–H and O–H groups in total. The lowest BCUT2D eigenvalue weighted by molar-refractivity contribution is -0.146. The van der Waals surface area contributed by atoms with E-state index in [9.17, 15) is 24.0 Å². The van der Waals surface area contributed by atoms with E-state index in [0.29, 0.717) is 28.0 Å². The minimum absolute atomic E-state index is 0.00769. The fraction of sp³-hybridized carbons (Fsp3) is 0.455. The molecule has 0 aliphatic carbocycles. The summed E-state index contributed by atoms with van der Waals surface area (Å²) in [6.45, 7) is 22.2. The van der Waals surface area contributed by atoms with Crippen molar-refractivity contribution in [2.45, 2.75) is 239 Å². The van der Waals surface area contributed by atoms with Crippen LogP contribution in [0.3, 0.4) is 0 Å². The molecule has 724 valence electrons. The van der Waals surface area contributed by atoms with Gasteiger partial charge < -0.3 is 75.4 Å². The molecule has 37 heteroatoms. The first kappa shape index (κ1) is 101. The summed E-state index contributed by atoms with van der Waals surface area (Å²) in [6, 6.07) is 24.8. The molecule has 0 radical (unpaired) electrons. The molecule has 0 unspecified atom stereocenters. The van der Waals surface area contributed by atoms with Crippen molar-refractivity contribution in [2.24, 2.45) is 10.8 Å². The molecular formula is C99H121F2N17O18. The summed E-state index contributed by atoms with van der Waals surface area (Å²) in [5, 5.41) is 41.4. The zero-order valence-electron chi connectivity index (χ0n) is 79.8. The second-order valence-electron chi connectivity index (χ2n) is 38.8. The van der Waals surface area contributed by atoms with Crippen molar-refractivity contribution in [3.63, 3.8) is 0 Å². The summed E-state index contributed by atoms with van der Waals surface area (Å²) in [6.07, 6.45) is 0.797. The van der Waals surface area contributed by atoms with Crippen LogP contribution in [0.5, 0.6) is 17.2 Å². The van der Waals surface area contributed by atoms with Gasteiger partial charge >= 0.3 is 18.2 Å². The van der Waals surface area contributed by atoms with Crippen molar-refractivity contribution in [3.05, 3.63) is 209 Å². The zero-order chi connectivity index (χ0) is 98.7. The molecule has 9 aromatic rings. The van der Waals surface area contributed by atoms with E-state index in [1.54, 1.807) is 144 Å². The van der Waals surface area contributed by atoms with E-state index in [1.165, 1.54) is 59.5 Å². The number of likely N-dealkylation sites (tertiary alicyclic amines) is 2. The van der Waals surface area contributed by atoms with Crippen LogP contribution >= 0.6 is 0 Å². The van der Waals surface area contributed by atoms with Gasteiger partial charge in [-0.1, -0.05) is 161 Å². The molecule has 8 bridgehead atoms. The van der Waals surface area contributed by atoms with E-state index in [0.717, 1.165) is 57.7 Å². The summed E-state index contributed by atoms with van der Waals surface area (Å²) in [7, 11) is 5.04. The highest BCUT2D eigenvalue weighted by molar-refractivity contribution is 6.00. The van der Waals surface area contributed by atoms with Crippen LogP contribution in [-0.4, -0.2) is 234 Å². The topological polar surface area (TPSA) is 419 Å². The fourth-order valence-corrected chi connectivity index (χ4v) is 16.5. The standard InChI is InChI=1S/C99H121F2N17O18/c1-56(113(15)94(129)135-98(9,10)11)84(119)107-82(96(3,4)5)91(126)115-41-39-77-79(115)89(124)104-74(49-60-27-33-63-23-19-21-25-65(63)43-60)87(122)103-73(86(121)102-51-62-45-71(100)81(131-17)72(101)46-62)47-58-29-35-69(36-30-58)133-54-67-52-118(112-109-67)78-40-42-116(92(127)83(97(6,7)8)108-85(120)57(2)114(16)95(130)136-99(12,13)14)80(78)90(125)105-75(50-61-28-34-64-24-20-22-26-66(64)44-61)88(123)106-76(93(128)132-18)48-59-31-37-70(38-32-59)134-55-68-53-117(77)111-110-68/h19-38,43-46,52-53,56-57,73-80,82-83H,39-42,47-51,54-55H2,1-18H3,(H,102,121)(H,103,122)(H,104,124)(H,105,125)(H,106,123)(H,107,119)(H,108,120)/t56-,57-,73-,74-,75-,76-,77+,78+,79-,80-,82+,83+/m0/s1. The van der Waals surface area contributed by atoms with Crippen LogP contribution in [0.15, 0.2) is 158 Å². The number of aromatic nitrogens is 6. The monoisotopic (exact) mass is 1870 g/mol. The zero-order valence-corrected chi connectivity index (χ0v) is 79.8. The van der Waals surface area contributed by atoms with Gasteiger partial charge in [-0.25, -0.2) is 32.5 Å². The number of hydrogen-bond acceptors (Lipinski definition) is 22. The van der Waals surface area contributed by atoms with Crippen LogP contribution in [0.4, 0.5) is 18.4 Å². The normalized spacial score (nSPS) is 19.8. The first-order chi connectivity index (χ1) is 64.2. The molecule has 7 aromatic carbocycles. The third-order valence-corrected chi connectivity index (χ3v) is 24.2. The molecule has 8 heterocycles. The summed E-state index contributed by atoms with van der Waals surface area (Å²) < 4.78 is 67.5. The van der Waals surface area contributed by atoms with Crippen molar-refractivity contribution in [3.8, 4) is 17.2 Å². The molecule has 0 spiro atoms. The van der Waals surface area contributed by atoms with Gasteiger partial charge in [0, 0.05) is 59.4 Å². The largest absolute Gasteiger partial charge is 0.491 e. The number of hydrogen-bond donors (Lipinski definition) is 7. The van der Waals surface area contributed by atoms with E-state index in [2.05, 4.69) is 57.8 Å². The number of rotatable bonds is 17. The summed E-state index contributed by atoms with van der Waals surface area (Å²) in [5.41, 5.74) is -1.40. The molecule has 2 aromatic heterocycles. The summed E-state index contributed by atoms with van der Waals surface area (Å²) >= 11 is 0. The SMILES string of the molecule is COC(=O)[C@@H]1Cc2ccc(cc2)OCc2cn(nn2)[C@@H]2CCN(C(=O)[C@@H](NC(=O)[C@H](C)N(C)C(=O)OC(C)(C)C)C(C)(C)C)[C@@H]2C(=O)N[C@@H](Cc2ccc3ccccc3c2)C(=O)N[C@H](C(=O)NCc2cc(F)c(OC)c(F)c2)Cc2ccc(cc2)OCc2cn(nn2)[C@@H]2CCN(C(=O)[C@@H](NC(=O)[C@H](C)N(C)C(=O)OC(C)(C)C)C(C)(C)C)[C@@H]2C(=O)N[C@@H](Cc2ccc3ccccc3c2)C(=O)N1. The maximum atomic E-state index is 16.1. The Hall–Kier alpha value is -14.2. The summed E-state index contributed by atoms with van der Waals surface area (Å²) in [5.74, 6) is -10.1. The first-order valence-corrected chi connectivity index (χ1v) is 45.1. The Morgan fingerprint density at radius 1 is 0.500 bits per heavy atom. The number of esters is 1. The Bertz CT molecular complexity index is 5880. The van der Waals surface area contributed by atoms with Crippen LogP contribution in [-0.2, 0) is 108 Å². The Morgan fingerprint density at radius 2 is 0.890 bits per heavy atom. The van der Waals surface area contributed by atoms with Gasteiger partial charge in [0.15, 0.2) is 17.4 Å². The van der Waals surface area contributed by atoms with Gasteiger partial charge in [-0.2, -0.15) is 0 Å². The molecule has 6 aliphatic rings. The number of carbonyl (C=O) groups excluding carboxylic acids is 12. The van der Waals surface area contributed by atoms with Crippen LogP contribution in [0.1, 0.15) is 161 Å². The van der Waals surface area contributed by atoms with Gasteiger partial charge in [0.1, 0.15) is 108 Å². The predicted octanol–water partition coefficient (Wildman–Crippen LogP) is 9.19. The molecule has 11 amide bonds. The average Bonchev–Trinajstić information content (AvgIpc) is 1.63. The van der Waals surface area contributed by atoms with Gasteiger partial charge in [0.2, 0.25) is 53.2 Å². The number of amides is 11. The Morgan fingerprint density at radius 3 is 1.27 bits per heavy atom. The number of carbonyl (C=O) groups is 12. The number of halogens is 2. The van der Waals surface area contributed by atoms with Gasteiger partial charge in [-0.05, 0) is 165 Å². The fourth-order valence-electron chi connectivity index (χ4n) is 16.5. The third-order valence-electron chi connectivity index (χ3n) is 24.2. The van der Waals surface area contributed by atoms with Crippen molar-refractivity contribution < 1.29 is 94.7 Å². The van der Waals surface area contributed by atoms with Crippen LogP contribution in [0.2, 0.25) is 0 Å². The van der Waals surface area contributed by atoms with Gasteiger partial charge in [-0.15, -0.1) is 10.2 Å². The highest BCUT2D eigenvalue weighted by atomic mass is 19.1. The molecule has 35 nitrogen and oxygen atoms in total. The lowest BCUT2D eigenvalue weighted by Crippen LogP contribution is -2.62. The highest BCUT2D eigenvalue weighted by Gasteiger charge is 2.52. The second-order valence-corrected chi connectivity index (χ2v) is 38.8. The van der Waals surface area contributed by atoms with Crippen molar-refractivity contribution >= 4 is 92.9 Å². The van der Waals surface area contributed by atoms with Crippen molar-refractivity contribution in [1.82, 2.24) is 86.8 Å². The molecule has 136 heavy (non-hydrogen) atoms. The van der Waals surface area contributed by atoms with E-state index in [1.807, 2.05) is 72.8 Å². The predicted molar refractivity (Wildman–Crippen MR) is 497 cm³/mol. The number of nitrogens with one attached hydrogen (secondary N) is 7. The molecule has 0 saturated carbocycles. The maximum absolute atomic E-state index is 16.1. The van der Waals surface area contributed by atoms with E-state index in [-0.39, 0.29) is 87.5 Å². The summed E-state index contributed by atoms with van der Waals surface area (Å²) in [4.78, 5) is 184. The van der Waals surface area contributed by atoms with Crippen LogP contribution < -0.4 is 51.4 Å². The average molecular weight is 1880 g/mol. The minimum atomic E-state index is -1.57. The van der Waals surface area contributed by atoms with E-state index in [4.69, 9.17) is 28.4 Å². The second kappa shape index (κ2) is 42.6. The van der Waals surface area contributed by atoms with Gasteiger partial charge in [0.05, 0.1) is 38.7 Å². The van der Waals surface area contributed by atoms with Gasteiger partial charge in [0.25, 0.3) is 0 Å². The third kappa shape index (κ3) is 25.3. The van der Waals surface area contributed by atoms with Crippen molar-refractivity contribution in [2.75, 3.05) is 41.4 Å². The molecule has 2 saturated heterocycles. The molecule has 15 rings (SSSR count). The first-order valence-electron chi connectivity index (χ1n) is 45.1. The number of fused-ring (bicyclic) bond motifs is 2. The minimum Gasteiger partial charge on any atom is -0.491 e. The highest BCUT2D eigenvalue weighted by Crippen LogP contribution is 2.37. The molecule has 2 fully saturated rings.